The molecule has 1 aromatic rings. The van der Waals surface area contributed by atoms with Crippen molar-refractivity contribution in [2.75, 3.05) is 0 Å². The summed E-state index contributed by atoms with van der Waals surface area (Å²) in [5, 5.41) is 3.24. The molecule has 2 bridgehead atoms. The van der Waals surface area contributed by atoms with Crippen molar-refractivity contribution in [1.82, 2.24) is 5.32 Å². The second-order valence-electron chi connectivity index (χ2n) is 7.32. The van der Waals surface area contributed by atoms with Gasteiger partial charge in [-0.3, -0.25) is 4.79 Å². The Bertz CT molecular complexity index is 519. The lowest BCUT2D eigenvalue weighted by molar-refractivity contribution is -0.128. The predicted octanol–water partition coefficient (Wildman–Crippen LogP) is 3.68. The summed E-state index contributed by atoms with van der Waals surface area (Å²) in [4.78, 5) is 15.3. The second-order valence-corrected chi connectivity index (χ2v) is 8.70. The maximum Gasteiger partial charge on any atom is 0.223 e. The van der Waals surface area contributed by atoms with Crippen LogP contribution in [0.3, 0.4) is 0 Å². The monoisotopic (exact) mass is 356 g/mol. The normalized spacial score (nSPS) is 31.1. The minimum Gasteiger partial charge on any atom is -0.353 e. The molecule has 2 saturated carbocycles. The molecule has 3 nitrogen and oxygen atoms in total. The molecule has 0 radical (unpaired) electrons. The number of aryl methyl sites for hydroxylation is 1. The molecule has 0 spiro atoms. The van der Waals surface area contributed by atoms with Gasteiger partial charge in [0.2, 0.25) is 5.91 Å². The van der Waals surface area contributed by atoms with Crippen molar-refractivity contribution in [2.45, 2.75) is 64.5 Å². The van der Waals surface area contributed by atoms with E-state index in [4.69, 9.17) is 5.73 Å². The van der Waals surface area contributed by atoms with E-state index < -0.39 is 0 Å². The molecule has 130 valence electrons. The van der Waals surface area contributed by atoms with Crippen LogP contribution in [-0.2, 0) is 11.2 Å². The lowest BCUT2D eigenvalue weighted by Gasteiger charge is -2.43. The van der Waals surface area contributed by atoms with Crippen LogP contribution in [0.2, 0.25) is 0 Å². The predicted molar refractivity (Wildman–Crippen MR) is 99.1 cm³/mol. The minimum absolute atomic E-state index is 0. The number of halogens is 1. The quantitative estimate of drug-likeness (QED) is 0.864. The van der Waals surface area contributed by atoms with Crippen LogP contribution in [0, 0.1) is 24.7 Å². The van der Waals surface area contributed by atoms with Gasteiger partial charge in [-0.2, -0.15) is 0 Å². The number of fused-ring (bicyclic) bond motifs is 2. The van der Waals surface area contributed by atoms with E-state index in [1.165, 1.54) is 29.0 Å². The topological polar surface area (TPSA) is 55.1 Å². The van der Waals surface area contributed by atoms with Crippen molar-refractivity contribution in [2.24, 2.45) is 23.5 Å². The molecule has 0 aromatic carbocycles. The third-order valence-corrected chi connectivity index (χ3v) is 6.50. The molecular formula is C18H29ClN2OS. The third kappa shape index (κ3) is 4.49. The van der Waals surface area contributed by atoms with Gasteiger partial charge < -0.3 is 11.1 Å². The number of amides is 1. The van der Waals surface area contributed by atoms with Crippen LogP contribution in [0.5, 0.6) is 0 Å². The number of carbonyl (C=O) groups is 1. The molecule has 2 fully saturated rings. The fourth-order valence-electron chi connectivity index (χ4n) is 4.31. The van der Waals surface area contributed by atoms with Crippen LogP contribution < -0.4 is 11.1 Å². The van der Waals surface area contributed by atoms with E-state index in [0.29, 0.717) is 17.9 Å². The summed E-state index contributed by atoms with van der Waals surface area (Å²) in [5.41, 5.74) is 6.32. The number of nitrogens with two attached hydrogens (primary N) is 1. The summed E-state index contributed by atoms with van der Waals surface area (Å²) in [6, 6.07) is 4.87. The standard InChI is InChI=1S/C18H28N2OS.ClH/c1-11(8-16-7-6-12(2)22-16)20-18(21)15-9-13-4-3-5-14(10-15)17(13)19;/h6-7,11,13-15,17H,3-5,8-10,19H2,1-2H3,(H,20,21);1H. The molecule has 3 atom stereocenters. The maximum atomic E-state index is 12.6. The second kappa shape index (κ2) is 8.00. The van der Waals surface area contributed by atoms with Gasteiger partial charge in [0.15, 0.2) is 0 Å². The summed E-state index contributed by atoms with van der Waals surface area (Å²) in [6.07, 6.45) is 6.65. The van der Waals surface area contributed by atoms with Gasteiger partial charge in [-0.1, -0.05) is 6.42 Å². The molecule has 1 heterocycles. The highest BCUT2D eigenvalue weighted by molar-refractivity contribution is 7.11. The molecule has 3 rings (SSSR count). The zero-order valence-electron chi connectivity index (χ0n) is 14.1. The number of nitrogens with one attached hydrogen (secondary N) is 1. The average molecular weight is 357 g/mol. The smallest absolute Gasteiger partial charge is 0.223 e. The zero-order valence-corrected chi connectivity index (χ0v) is 15.7. The van der Waals surface area contributed by atoms with Crippen molar-refractivity contribution in [3.05, 3.63) is 21.9 Å². The van der Waals surface area contributed by atoms with Crippen molar-refractivity contribution >= 4 is 29.7 Å². The summed E-state index contributed by atoms with van der Waals surface area (Å²) in [5.74, 6) is 1.57. The van der Waals surface area contributed by atoms with Gasteiger partial charge in [0.05, 0.1) is 0 Å². The van der Waals surface area contributed by atoms with Crippen LogP contribution >= 0.6 is 23.7 Å². The SMILES string of the molecule is Cc1ccc(CC(C)NC(=O)C2CC3CCCC(C2)C3N)s1.Cl. The van der Waals surface area contributed by atoms with E-state index in [-0.39, 0.29) is 30.3 Å². The first-order chi connectivity index (χ1) is 10.5. The molecule has 5 heteroatoms. The van der Waals surface area contributed by atoms with E-state index in [1.54, 1.807) is 0 Å². The number of thiophene rings is 1. The highest BCUT2D eigenvalue weighted by Gasteiger charge is 2.40. The van der Waals surface area contributed by atoms with Crippen LogP contribution in [0.1, 0.15) is 48.8 Å². The maximum absolute atomic E-state index is 12.6. The Morgan fingerprint density at radius 2 is 2.00 bits per heavy atom. The molecule has 1 amide bonds. The van der Waals surface area contributed by atoms with Gasteiger partial charge >= 0.3 is 0 Å². The third-order valence-electron chi connectivity index (χ3n) is 5.48. The number of hydrogen-bond donors (Lipinski definition) is 2. The fourth-order valence-corrected chi connectivity index (χ4v) is 5.33. The van der Waals surface area contributed by atoms with Crippen LogP contribution in [-0.4, -0.2) is 18.0 Å². The van der Waals surface area contributed by atoms with Crippen LogP contribution in [0.15, 0.2) is 12.1 Å². The minimum atomic E-state index is 0. The van der Waals surface area contributed by atoms with E-state index in [1.807, 2.05) is 11.3 Å². The first-order valence-electron chi connectivity index (χ1n) is 8.64. The molecule has 1 aromatic heterocycles. The first-order valence-corrected chi connectivity index (χ1v) is 9.46. The molecule has 0 saturated heterocycles. The van der Waals surface area contributed by atoms with Crippen molar-refractivity contribution in [3.8, 4) is 0 Å². The van der Waals surface area contributed by atoms with E-state index in [9.17, 15) is 4.79 Å². The molecule has 3 N–H and O–H groups in total. The van der Waals surface area contributed by atoms with Crippen molar-refractivity contribution < 1.29 is 4.79 Å². The van der Waals surface area contributed by atoms with Crippen LogP contribution in [0.4, 0.5) is 0 Å². The largest absolute Gasteiger partial charge is 0.353 e. The molecule has 23 heavy (non-hydrogen) atoms. The van der Waals surface area contributed by atoms with Gasteiger partial charge in [0, 0.05) is 34.2 Å². The van der Waals surface area contributed by atoms with Gasteiger partial charge in [-0.05, 0) is 63.5 Å². The van der Waals surface area contributed by atoms with Gasteiger partial charge in [0.1, 0.15) is 0 Å². The lowest BCUT2D eigenvalue weighted by Crippen LogP contribution is -2.50. The molecule has 3 unspecified atom stereocenters. The van der Waals surface area contributed by atoms with Gasteiger partial charge in [-0.15, -0.1) is 23.7 Å². The van der Waals surface area contributed by atoms with Crippen molar-refractivity contribution in [3.63, 3.8) is 0 Å². The Kier molecular flexibility index (Phi) is 6.52. The number of hydrogen-bond acceptors (Lipinski definition) is 3. The summed E-state index contributed by atoms with van der Waals surface area (Å²) in [6.45, 7) is 4.24. The average Bonchev–Trinajstić information content (AvgIpc) is 2.83. The summed E-state index contributed by atoms with van der Waals surface area (Å²) in [7, 11) is 0. The molecular weight excluding hydrogens is 328 g/mol. The fraction of sp³-hybridized carbons (Fsp3) is 0.722. The molecule has 2 aliphatic rings. The van der Waals surface area contributed by atoms with E-state index in [0.717, 1.165) is 19.3 Å². The van der Waals surface area contributed by atoms with E-state index in [2.05, 4.69) is 31.3 Å². The highest BCUT2D eigenvalue weighted by Crippen LogP contribution is 2.41. The Balaban J connectivity index is 0.00000192. The number of carbonyl (C=O) groups excluding carboxylic acids is 1. The highest BCUT2D eigenvalue weighted by atomic mass is 35.5. The Labute approximate surface area is 149 Å². The first kappa shape index (κ1) is 18.8. The number of rotatable bonds is 4. The molecule has 2 aliphatic carbocycles. The Morgan fingerprint density at radius 3 is 2.57 bits per heavy atom. The van der Waals surface area contributed by atoms with E-state index >= 15 is 0 Å². The van der Waals surface area contributed by atoms with Crippen molar-refractivity contribution in [1.29, 1.82) is 0 Å². The zero-order chi connectivity index (χ0) is 15.7. The Morgan fingerprint density at radius 1 is 1.35 bits per heavy atom. The summed E-state index contributed by atoms with van der Waals surface area (Å²) >= 11 is 1.82. The van der Waals surface area contributed by atoms with Crippen LogP contribution in [0.25, 0.3) is 0 Å². The molecule has 0 aliphatic heterocycles. The summed E-state index contributed by atoms with van der Waals surface area (Å²) < 4.78 is 0. The van der Waals surface area contributed by atoms with Gasteiger partial charge in [-0.25, -0.2) is 0 Å². The van der Waals surface area contributed by atoms with Gasteiger partial charge in [0.25, 0.3) is 0 Å². The lowest BCUT2D eigenvalue weighted by atomic mass is 9.65. The Hall–Kier alpha value is -0.580.